The molecule has 2 aliphatic carbocycles. The lowest BCUT2D eigenvalue weighted by Gasteiger charge is -2.36. The van der Waals surface area contributed by atoms with Crippen molar-refractivity contribution in [1.29, 1.82) is 5.26 Å². The zero-order valence-electron chi connectivity index (χ0n) is 19.1. The lowest BCUT2D eigenvalue weighted by Crippen LogP contribution is -2.35. The van der Waals surface area contributed by atoms with Gasteiger partial charge in [0.15, 0.2) is 0 Å². The third-order valence-electron chi connectivity index (χ3n) is 7.00. The summed E-state index contributed by atoms with van der Waals surface area (Å²) in [5, 5.41) is 25.5. The quantitative estimate of drug-likeness (QED) is 0.364. The van der Waals surface area contributed by atoms with Crippen LogP contribution in [0.15, 0.2) is 40.9 Å². The standard InChI is InChI=1S/C27H25Cl2FN2O3/c28-21-2-1-3-22(29)24(21)25-19(26(35-32-25)17-5-6-17)15-34-18-8-11-27(33,12-9-18)20-14-16(10-13-31)4-7-23(20)30/h1-4,7,14,17-18,33H,5-6,8-12,15H2/t18-,27+. The summed E-state index contributed by atoms with van der Waals surface area (Å²) in [6.45, 7) is 0.293. The molecule has 2 aromatic carbocycles. The van der Waals surface area contributed by atoms with Gasteiger partial charge < -0.3 is 14.4 Å². The van der Waals surface area contributed by atoms with E-state index in [0.717, 1.165) is 24.2 Å². The van der Waals surface area contributed by atoms with Crippen LogP contribution in [-0.4, -0.2) is 16.4 Å². The van der Waals surface area contributed by atoms with Crippen LogP contribution in [0.3, 0.4) is 0 Å². The van der Waals surface area contributed by atoms with E-state index in [-0.39, 0.29) is 18.1 Å². The number of hydrogen-bond acceptors (Lipinski definition) is 5. The van der Waals surface area contributed by atoms with E-state index in [9.17, 15) is 9.50 Å². The summed E-state index contributed by atoms with van der Waals surface area (Å²) in [5.41, 5.74) is 1.78. The molecule has 0 atom stereocenters. The Hall–Kier alpha value is -2.43. The maximum absolute atomic E-state index is 14.6. The molecule has 2 aliphatic rings. The van der Waals surface area contributed by atoms with Crippen molar-refractivity contribution >= 4 is 23.2 Å². The molecule has 35 heavy (non-hydrogen) atoms. The Kier molecular flexibility index (Phi) is 6.87. The molecule has 8 heteroatoms. The van der Waals surface area contributed by atoms with Gasteiger partial charge in [-0.15, -0.1) is 0 Å². The van der Waals surface area contributed by atoms with Gasteiger partial charge in [0.05, 0.1) is 40.8 Å². The predicted octanol–water partition coefficient (Wildman–Crippen LogP) is 7.08. The minimum absolute atomic E-state index is 0.0999. The molecule has 0 bridgehead atoms. The van der Waals surface area contributed by atoms with Gasteiger partial charge in [0.25, 0.3) is 0 Å². The Bertz CT molecular complexity index is 1250. The smallest absolute Gasteiger partial charge is 0.145 e. The fourth-order valence-electron chi connectivity index (χ4n) is 4.88. The van der Waals surface area contributed by atoms with Crippen molar-refractivity contribution in [3.8, 4) is 17.3 Å². The highest BCUT2D eigenvalue weighted by Gasteiger charge is 2.38. The van der Waals surface area contributed by atoms with E-state index >= 15 is 0 Å². The lowest BCUT2D eigenvalue weighted by molar-refractivity contribution is -0.0656. The molecule has 0 aliphatic heterocycles. The second kappa shape index (κ2) is 9.91. The number of rotatable bonds is 7. The first-order valence-electron chi connectivity index (χ1n) is 11.8. The van der Waals surface area contributed by atoms with E-state index < -0.39 is 11.4 Å². The van der Waals surface area contributed by atoms with Crippen molar-refractivity contribution in [3.05, 3.63) is 74.7 Å². The number of benzene rings is 2. The molecule has 0 saturated heterocycles. The van der Waals surface area contributed by atoms with Crippen molar-refractivity contribution in [2.24, 2.45) is 0 Å². The van der Waals surface area contributed by atoms with E-state index in [4.69, 9.17) is 37.7 Å². The monoisotopic (exact) mass is 514 g/mol. The molecule has 0 spiro atoms. The number of nitrogens with zero attached hydrogens (tertiary/aromatic N) is 2. The first-order chi connectivity index (χ1) is 16.9. The topological polar surface area (TPSA) is 79.3 Å². The summed E-state index contributed by atoms with van der Waals surface area (Å²) < 4.78 is 26.5. The SMILES string of the molecule is N#CCc1ccc(F)c([C@]2(O)CC[C@@H](OCc3c(-c4c(Cl)cccc4Cl)noc3C3CC3)CC2)c1. The van der Waals surface area contributed by atoms with Crippen molar-refractivity contribution in [1.82, 2.24) is 5.16 Å². The first kappa shape index (κ1) is 24.3. The van der Waals surface area contributed by atoms with Crippen LogP contribution >= 0.6 is 23.2 Å². The molecule has 182 valence electrons. The summed E-state index contributed by atoms with van der Waals surface area (Å²) in [7, 11) is 0. The number of aromatic nitrogens is 1. The van der Waals surface area contributed by atoms with Crippen LogP contribution in [0.25, 0.3) is 11.3 Å². The summed E-state index contributed by atoms with van der Waals surface area (Å²) in [6.07, 6.45) is 4.05. The second-order valence-electron chi connectivity index (χ2n) is 9.44. The molecular formula is C27H25Cl2FN2O3. The molecule has 5 nitrogen and oxygen atoms in total. The van der Waals surface area contributed by atoms with Crippen LogP contribution in [0.1, 0.15) is 66.9 Å². The summed E-state index contributed by atoms with van der Waals surface area (Å²) >= 11 is 12.9. The van der Waals surface area contributed by atoms with Crippen LogP contribution in [-0.2, 0) is 23.4 Å². The average Bonchev–Trinajstić information content (AvgIpc) is 3.60. The van der Waals surface area contributed by atoms with Gasteiger partial charge in [-0.2, -0.15) is 5.26 Å². The van der Waals surface area contributed by atoms with Crippen LogP contribution in [0.2, 0.25) is 10.0 Å². The van der Waals surface area contributed by atoms with E-state index in [1.165, 1.54) is 6.07 Å². The van der Waals surface area contributed by atoms with Crippen molar-refractivity contribution in [2.45, 2.75) is 69.2 Å². The Morgan fingerprint density at radius 3 is 2.51 bits per heavy atom. The minimum Gasteiger partial charge on any atom is -0.385 e. The molecule has 1 heterocycles. The van der Waals surface area contributed by atoms with Crippen molar-refractivity contribution in [3.63, 3.8) is 0 Å². The second-order valence-corrected chi connectivity index (χ2v) is 10.3. The molecule has 2 saturated carbocycles. The molecule has 5 rings (SSSR count). The molecule has 0 unspecified atom stereocenters. The van der Waals surface area contributed by atoms with Gasteiger partial charge >= 0.3 is 0 Å². The Morgan fingerprint density at radius 1 is 1.14 bits per heavy atom. The predicted molar refractivity (Wildman–Crippen MR) is 131 cm³/mol. The highest BCUT2D eigenvalue weighted by molar-refractivity contribution is 6.39. The zero-order valence-corrected chi connectivity index (χ0v) is 20.6. The number of hydrogen-bond donors (Lipinski definition) is 1. The average molecular weight is 515 g/mol. The van der Waals surface area contributed by atoms with Crippen LogP contribution in [0, 0.1) is 17.1 Å². The van der Waals surface area contributed by atoms with Crippen LogP contribution in [0.5, 0.6) is 0 Å². The normalized spacial score (nSPS) is 22.2. The third-order valence-corrected chi connectivity index (χ3v) is 7.63. The third kappa shape index (κ3) is 4.96. The molecule has 1 N–H and O–H groups in total. The fourth-order valence-corrected chi connectivity index (χ4v) is 5.46. The van der Waals surface area contributed by atoms with E-state index in [1.807, 2.05) is 0 Å². The van der Waals surface area contributed by atoms with E-state index in [1.54, 1.807) is 30.3 Å². The van der Waals surface area contributed by atoms with Gasteiger partial charge in [0.1, 0.15) is 17.3 Å². The van der Waals surface area contributed by atoms with Gasteiger partial charge in [-0.1, -0.05) is 40.5 Å². The van der Waals surface area contributed by atoms with Gasteiger partial charge in [0, 0.05) is 22.6 Å². The summed E-state index contributed by atoms with van der Waals surface area (Å²) in [4.78, 5) is 0. The van der Waals surface area contributed by atoms with Crippen molar-refractivity contribution < 1.29 is 18.8 Å². The molecule has 2 fully saturated rings. The molecule has 1 aromatic heterocycles. The van der Waals surface area contributed by atoms with E-state index in [2.05, 4.69) is 11.2 Å². The zero-order chi connectivity index (χ0) is 24.6. The molecule has 0 radical (unpaired) electrons. The Balaban J connectivity index is 1.31. The van der Waals surface area contributed by atoms with E-state index in [0.29, 0.717) is 65.1 Å². The van der Waals surface area contributed by atoms with Gasteiger partial charge in [0.2, 0.25) is 0 Å². The first-order valence-corrected chi connectivity index (χ1v) is 12.6. The summed E-state index contributed by atoms with van der Waals surface area (Å²) in [6, 6.07) is 11.9. The van der Waals surface area contributed by atoms with Gasteiger partial charge in [-0.3, -0.25) is 0 Å². The molecule has 0 amide bonds. The highest BCUT2D eigenvalue weighted by atomic mass is 35.5. The highest BCUT2D eigenvalue weighted by Crippen LogP contribution is 2.46. The van der Waals surface area contributed by atoms with Crippen LogP contribution < -0.4 is 0 Å². The largest absolute Gasteiger partial charge is 0.385 e. The van der Waals surface area contributed by atoms with Gasteiger partial charge in [-0.05, 0) is 68.4 Å². The Morgan fingerprint density at radius 2 is 1.86 bits per heavy atom. The number of halogens is 3. The molecular weight excluding hydrogens is 490 g/mol. The fraction of sp³-hybridized carbons (Fsp3) is 0.407. The number of nitriles is 1. The molecule has 3 aromatic rings. The minimum atomic E-state index is -1.28. The Labute approximate surface area is 213 Å². The number of ether oxygens (including phenoxy) is 1. The van der Waals surface area contributed by atoms with Crippen molar-refractivity contribution in [2.75, 3.05) is 0 Å². The van der Waals surface area contributed by atoms with Crippen LogP contribution in [0.4, 0.5) is 4.39 Å². The lowest BCUT2D eigenvalue weighted by atomic mass is 9.78. The maximum Gasteiger partial charge on any atom is 0.145 e. The number of aliphatic hydroxyl groups is 1. The van der Waals surface area contributed by atoms with Gasteiger partial charge in [-0.25, -0.2) is 4.39 Å². The summed E-state index contributed by atoms with van der Waals surface area (Å²) in [5.74, 6) is 0.698. The maximum atomic E-state index is 14.6.